The Hall–Kier alpha value is -2.96. The highest BCUT2D eigenvalue weighted by Crippen LogP contribution is 2.27. The maximum absolute atomic E-state index is 12.4. The molecule has 0 saturated carbocycles. The maximum Gasteiger partial charge on any atom is 0.234 e. The molecule has 0 aliphatic rings. The van der Waals surface area contributed by atoms with Crippen molar-refractivity contribution in [3.8, 4) is 22.5 Å². The molecule has 0 saturated heterocycles. The summed E-state index contributed by atoms with van der Waals surface area (Å²) in [5.41, 5.74) is 4.43. The standard InChI is InChI=1S/C24H18BrN3OS/c25-19-13-7-8-14-20(19)26-23(29)16-30-24-27-21(17-9-3-1-4-10-17)15-22(28-24)18-11-5-2-6-12-18/h1-15H,16H2,(H,26,29). The van der Waals surface area contributed by atoms with Gasteiger partial charge in [-0.2, -0.15) is 0 Å². The average molecular weight is 476 g/mol. The summed E-state index contributed by atoms with van der Waals surface area (Å²) in [6.45, 7) is 0. The summed E-state index contributed by atoms with van der Waals surface area (Å²) in [4.78, 5) is 21.8. The Morgan fingerprint density at radius 1 is 0.800 bits per heavy atom. The van der Waals surface area contributed by atoms with Crippen molar-refractivity contribution in [1.29, 1.82) is 0 Å². The number of amides is 1. The fourth-order valence-corrected chi connectivity index (χ4v) is 3.92. The van der Waals surface area contributed by atoms with Crippen LogP contribution in [0.5, 0.6) is 0 Å². The van der Waals surface area contributed by atoms with Crippen LogP contribution in [0, 0.1) is 0 Å². The molecule has 1 N–H and O–H groups in total. The molecule has 0 aliphatic heterocycles. The van der Waals surface area contributed by atoms with Gasteiger partial charge in [-0.3, -0.25) is 4.79 Å². The second-order valence-electron chi connectivity index (χ2n) is 6.47. The zero-order chi connectivity index (χ0) is 20.8. The van der Waals surface area contributed by atoms with E-state index in [2.05, 4.69) is 31.2 Å². The van der Waals surface area contributed by atoms with Gasteiger partial charge in [-0.05, 0) is 34.1 Å². The minimum atomic E-state index is -0.109. The fraction of sp³-hybridized carbons (Fsp3) is 0.0417. The van der Waals surface area contributed by atoms with Gasteiger partial charge in [0.25, 0.3) is 0 Å². The normalized spacial score (nSPS) is 10.6. The lowest BCUT2D eigenvalue weighted by molar-refractivity contribution is -0.113. The van der Waals surface area contributed by atoms with Crippen LogP contribution in [0.4, 0.5) is 5.69 Å². The molecule has 1 amide bonds. The Kier molecular flexibility index (Phi) is 6.57. The lowest BCUT2D eigenvalue weighted by Gasteiger charge is -2.09. The van der Waals surface area contributed by atoms with Crippen molar-refractivity contribution in [2.75, 3.05) is 11.1 Å². The summed E-state index contributed by atoms with van der Waals surface area (Å²) in [6, 6.07) is 29.5. The van der Waals surface area contributed by atoms with Crippen LogP contribution in [-0.2, 0) is 4.79 Å². The summed E-state index contributed by atoms with van der Waals surface area (Å²) in [5, 5.41) is 3.48. The molecule has 148 valence electrons. The van der Waals surface area contributed by atoms with Gasteiger partial charge in [-0.1, -0.05) is 84.6 Å². The van der Waals surface area contributed by atoms with Crippen LogP contribution < -0.4 is 5.32 Å². The number of para-hydroxylation sites is 1. The van der Waals surface area contributed by atoms with Gasteiger partial charge in [0.2, 0.25) is 5.91 Å². The Morgan fingerprint density at radius 2 is 1.33 bits per heavy atom. The molecule has 1 heterocycles. The first-order chi connectivity index (χ1) is 14.7. The summed E-state index contributed by atoms with van der Waals surface area (Å²) in [5.74, 6) is 0.107. The van der Waals surface area contributed by atoms with Gasteiger partial charge in [0, 0.05) is 15.6 Å². The van der Waals surface area contributed by atoms with Gasteiger partial charge in [0.05, 0.1) is 22.8 Å². The molecule has 3 aromatic carbocycles. The van der Waals surface area contributed by atoms with Crippen LogP contribution in [0.1, 0.15) is 0 Å². The summed E-state index contributed by atoms with van der Waals surface area (Å²) >= 11 is 4.77. The second-order valence-corrected chi connectivity index (χ2v) is 8.27. The number of thioether (sulfide) groups is 1. The Bertz CT molecular complexity index is 1100. The van der Waals surface area contributed by atoms with E-state index >= 15 is 0 Å². The minimum Gasteiger partial charge on any atom is -0.324 e. The number of halogens is 1. The van der Waals surface area contributed by atoms with Crippen LogP contribution in [0.25, 0.3) is 22.5 Å². The molecule has 4 nitrogen and oxygen atoms in total. The smallest absolute Gasteiger partial charge is 0.234 e. The van der Waals surface area contributed by atoms with Crippen molar-refractivity contribution in [2.45, 2.75) is 5.16 Å². The predicted molar refractivity (Wildman–Crippen MR) is 126 cm³/mol. The third-order valence-corrected chi connectivity index (χ3v) is 5.86. The van der Waals surface area contributed by atoms with Crippen molar-refractivity contribution in [2.24, 2.45) is 0 Å². The highest BCUT2D eigenvalue weighted by atomic mass is 79.9. The van der Waals surface area contributed by atoms with E-state index in [1.165, 1.54) is 11.8 Å². The molecule has 0 fully saturated rings. The van der Waals surface area contributed by atoms with Gasteiger partial charge in [0.15, 0.2) is 5.16 Å². The molecule has 4 rings (SSSR count). The van der Waals surface area contributed by atoms with Crippen molar-refractivity contribution >= 4 is 39.3 Å². The van der Waals surface area contributed by atoms with Gasteiger partial charge in [-0.15, -0.1) is 0 Å². The van der Waals surface area contributed by atoms with Gasteiger partial charge >= 0.3 is 0 Å². The van der Waals surface area contributed by atoms with E-state index in [9.17, 15) is 4.79 Å². The number of nitrogens with zero attached hydrogens (tertiary/aromatic N) is 2. The predicted octanol–water partition coefficient (Wildman–Crippen LogP) is 6.30. The van der Waals surface area contributed by atoms with Gasteiger partial charge in [-0.25, -0.2) is 9.97 Å². The van der Waals surface area contributed by atoms with Gasteiger partial charge in [0.1, 0.15) is 0 Å². The summed E-state index contributed by atoms with van der Waals surface area (Å²) in [7, 11) is 0. The van der Waals surface area contributed by atoms with Crippen molar-refractivity contribution in [3.63, 3.8) is 0 Å². The molecule has 6 heteroatoms. The number of nitrogens with one attached hydrogen (secondary N) is 1. The second kappa shape index (κ2) is 9.69. The minimum absolute atomic E-state index is 0.109. The van der Waals surface area contributed by atoms with E-state index in [0.717, 1.165) is 32.7 Å². The zero-order valence-corrected chi connectivity index (χ0v) is 18.4. The lowest BCUT2D eigenvalue weighted by atomic mass is 10.1. The molecule has 0 bridgehead atoms. The number of hydrogen-bond acceptors (Lipinski definition) is 4. The first-order valence-corrected chi connectivity index (χ1v) is 11.1. The van der Waals surface area contributed by atoms with Gasteiger partial charge < -0.3 is 5.32 Å². The number of anilines is 1. The third-order valence-electron chi connectivity index (χ3n) is 4.33. The number of carbonyl (C=O) groups excluding carboxylic acids is 1. The number of benzene rings is 3. The van der Waals surface area contributed by atoms with E-state index in [1.54, 1.807) is 0 Å². The first kappa shape index (κ1) is 20.3. The van der Waals surface area contributed by atoms with Crippen molar-refractivity contribution < 1.29 is 4.79 Å². The molecule has 0 aliphatic carbocycles. The van der Waals surface area contributed by atoms with Crippen LogP contribution in [0.15, 0.2) is 101 Å². The molecule has 0 radical (unpaired) electrons. The third kappa shape index (κ3) is 5.14. The van der Waals surface area contributed by atoms with E-state index in [-0.39, 0.29) is 11.7 Å². The number of hydrogen-bond donors (Lipinski definition) is 1. The first-order valence-electron chi connectivity index (χ1n) is 9.36. The van der Waals surface area contributed by atoms with E-state index in [1.807, 2.05) is 91.0 Å². The number of aromatic nitrogens is 2. The largest absolute Gasteiger partial charge is 0.324 e. The van der Waals surface area contributed by atoms with Crippen LogP contribution in [0.2, 0.25) is 0 Å². The molecule has 0 unspecified atom stereocenters. The van der Waals surface area contributed by atoms with E-state index in [4.69, 9.17) is 0 Å². The fourth-order valence-electron chi connectivity index (χ4n) is 2.88. The quantitative estimate of drug-likeness (QED) is 0.262. The molecular weight excluding hydrogens is 458 g/mol. The highest BCUT2D eigenvalue weighted by Gasteiger charge is 2.12. The summed E-state index contributed by atoms with van der Waals surface area (Å²) < 4.78 is 0.844. The monoisotopic (exact) mass is 475 g/mol. The van der Waals surface area contributed by atoms with Crippen LogP contribution in [0.3, 0.4) is 0 Å². The average Bonchev–Trinajstić information content (AvgIpc) is 2.80. The summed E-state index contributed by atoms with van der Waals surface area (Å²) in [6.07, 6.45) is 0. The number of carbonyl (C=O) groups is 1. The Labute approximate surface area is 187 Å². The molecule has 0 atom stereocenters. The van der Waals surface area contributed by atoms with Crippen molar-refractivity contribution in [1.82, 2.24) is 9.97 Å². The van der Waals surface area contributed by atoms with E-state index < -0.39 is 0 Å². The van der Waals surface area contributed by atoms with Crippen LogP contribution in [-0.4, -0.2) is 21.6 Å². The molecule has 30 heavy (non-hydrogen) atoms. The SMILES string of the molecule is O=C(CSc1nc(-c2ccccc2)cc(-c2ccccc2)n1)Nc1ccccc1Br. The molecule has 0 spiro atoms. The zero-order valence-electron chi connectivity index (χ0n) is 16.0. The Morgan fingerprint density at radius 3 is 1.90 bits per heavy atom. The number of rotatable bonds is 6. The Balaban J connectivity index is 1.57. The molecular formula is C24H18BrN3OS. The van der Waals surface area contributed by atoms with Crippen molar-refractivity contribution in [3.05, 3.63) is 95.5 Å². The highest BCUT2D eigenvalue weighted by molar-refractivity contribution is 9.10. The molecule has 1 aromatic heterocycles. The topological polar surface area (TPSA) is 54.9 Å². The van der Waals surface area contributed by atoms with E-state index in [0.29, 0.717) is 5.16 Å². The molecule has 4 aromatic rings. The van der Waals surface area contributed by atoms with Crippen LogP contribution >= 0.6 is 27.7 Å². The maximum atomic E-state index is 12.4. The lowest BCUT2D eigenvalue weighted by Crippen LogP contribution is -2.14.